The van der Waals surface area contributed by atoms with Gasteiger partial charge in [-0.05, 0) is 24.8 Å². The van der Waals surface area contributed by atoms with Crippen LogP contribution in [0.25, 0.3) is 0 Å². The molecule has 1 aromatic carbocycles. The lowest BCUT2D eigenvalue weighted by molar-refractivity contribution is 0.461. The number of sulfonamides is 1. The fraction of sp³-hybridized carbons (Fsp3) is 0.647. The van der Waals surface area contributed by atoms with Crippen LogP contribution in [-0.4, -0.2) is 33.3 Å². The summed E-state index contributed by atoms with van der Waals surface area (Å²) in [6.07, 6.45) is 8.27. The van der Waals surface area contributed by atoms with Crippen LogP contribution in [0.5, 0.6) is 0 Å². The summed E-state index contributed by atoms with van der Waals surface area (Å²) in [5.74, 6) is 0.153. The molecule has 0 saturated heterocycles. The van der Waals surface area contributed by atoms with Gasteiger partial charge < -0.3 is 5.32 Å². The first-order chi connectivity index (χ1) is 10.7. The van der Waals surface area contributed by atoms with Gasteiger partial charge in [0.2, 0.25) is 10.0 Å². The Kier molecular flexibility index (Phi) is 7.36. The van der Waals surface area contributed by atoms with Crippen molar-refractivity contribution in [1.29, 1.82) is 0 Å². The third-order valence-corrected chi connectivity index (χ3v) is 5.62. The summed E-state index contributed by atoms with van der Waals surface area (Å²) in [6.45, 7) is 1.20. The highest BCUT2D eigenvalue weighted by Crippen LogP contribution is 2.16. The van der Waals surface area contributed by atoms with Gasteiger partial charge in [0.1, 0.15) is 0 Å². The van der Waals surface area contributed by atoms with Crippen molar-refractivity contribution < 1.29 is 8.42 Å². The van der Waals surface area contributed by atoms with Crippen LogP contribution in [0.4, 0.5) is 0 Å². The molecule has 4 nitrogen and oxygen atoms in total. The zero-order valence-corrected chi connectivity index (χ0v) is 14.1. The largest absolute Gasteiger partial charge is 0.313 e. The molecule has 124 valence electrons. The molecule has 0 aliphatic heterocycles. The van der Waals surface area contributed by atoms with Crippen LogP contribution in [0.15, 0.2) is 30.3 Å². The van der Waals surface area contributed by atoms with E-state index in [0.717, 1.165) is 12.1 Å². The first-order valence-corrected chi connectivity index (χ1v) is 10.1. The molecule has 0 aromatic heterocycles. The van der Waals surface area contributed by atoms with Crippen LogP contribution in [0.2, 0.25) is 0 Å². The van der Waals surface area contributed by atoms with E-state index in [9.17, 15) is 8.42 Å². The lowest BCUT2D eigenvalue weighted by atomic mass is 10.1. The average molecular weight is 324 g/mol. The van der Waals surface area contributed by atoms with Gasteiger partial charge in [0, 0.05) is 19.1 Å². The number of hydrogen-bond acceptors (Lipinski definition) is 3. The van der Waals surface area contributed by atoms with Gasteiger partial charge in [-0.3, -0.25) is 0 Å². The van der Waals surface area contributed by atoms with Crippen LogP contribution < -0.4 is 10.0 Å². The molecule has 0 radical (unpaired) electrons. The Balaban J connectivity index is 1.62. The van der Waals surface area contributed by atoms with Gasteiger partial charge in [-0.1, -0.05) is 56.0 Å². The number of aryl methyl sites for hydroxylation is 1. The summed E-state index contributed by atoms with van der Waals surface area (Å²) in [6, 6.07) is 10.3. The summed E-state index contributed by atoms with van der Waals surface area (Å²) < 4.78 is 26.6. The van der Waals surface area contributed by atoms with E-state index in [1.54, 1.807) is 0 Å². The van der Waals surface area contributed by atoms with Crippen molar-refractivity contribution in [2.75, 3.05) is 18.8 Å². The summed E-state index contributed by atoms with van der Waals surface area (Å²) >= 11 is 0. The predicted molar refractivity (Wildman–Crippen MR) is 91.4 cm³/mol. The lowest BCUT2D eigenvalue weighted by Crippen LogP contribution is -2.37. The molecule has 1 aliphatic rings. The van der Waals surface area contributed by atoms with Crippen molar-refractivity contribution in [3.8, 4) is 0 Å². The molecule has 5 heteroatoms. The molecule has 22 heavy (non-hydrogen) atoms. The molecule has 2 N–H and O–H groups in total. The minimum Gasteiger partial charge on any atom is -0.313 e. The highest BCUT2D eigenvalue weighted by atomic mass is 32.2. The van der Waals surface area contributed by atoms with Crippen LogP contribution in [-0.2, 0) is 16.4 Å². The Hall–Kier alpha value is -0.910. The van der Waals surface area contributed by atoms with Crippen molar-refractivity contribution in [1.82, 2.24) is 10.0 Å². The van der Waals surface area contributed by atoms with Gasteiger partial charge in [-0.15, -0.1) is 0 Å². The van der Waals surface area contributed by atoms with E-state index < -0.39 is 10.0 Å². The minimum atomic E-state index is -3.18. The third-order valence-electron chi connectivity index (χ3n) is 4.24. The van der Waals surface area contributed by atoms with Crippen molar-refractivity contribution in [2.24, 2.45) is 0 Å². The number of hydrogen-bond donors (Lipinski definition) is 2. The highest BCUT2D eigenvalue weighted by molar-refractivity contribution is 7.89. The van der Waals surface area contributed by atoms with Gasteiger partial charge in [-0.2, -0.15) is 0 Å². The smallest absolute Gasteiger partial charge is 0.211 e. The number of benzene rings is 1. The van der Waals surface area contributed by atoms with Gasteiger partial charge in [0.15, 0.2) is 0 Å². The average Bonchev–Trinajstić information content (AvgIpc) is 2.80. The van der Waals surface area contributed by atoms with E-state index in [4.69, 9.17) is 0 Å². The van der Waals surface area contributed by atoms with Crippen molar-refractivity contribution in [3.63, 3.8) is 0 Å². The molecule has 1 saturated carbocycles. The second-order valence-electron chi connectivity index (χ2n) is 6.09. The van der Waals surface area contributed by atoms with Gasteiger partial charge in [0.05, 0.1) is 5.75 Å². The molecule has 0 atom stereocenters. The normalized spacial score (nSPS) is 17.3. The van der Waals surface area contributed by atoms with E-state index >= 15 is 0 Å². The van der Waals surface area contributed by atoms with Gasteiger partial charge in [-0.25, -0.2) is 13.1 Å². The van der Waals surface area contributed by atoms with E-state index in [2.05, 4.69) is 10.0 Å². The van der Waals surface area contributed by atoms with Gasteiger partial charge in [0.25, 0.3) is 0 Å². The number of nitrogens with one attached hydrogen (secondary N) is 2. The quantitative estimate of drug-likeness (QED) is 0.570. The molecule has 2 rings (SSSR count). The second-order valence-corrected chi connectivity index (χ2v) is 8.02. The zero-order chi connectivity index (χ0) is 15.7. The van der Waals surface area contributed by atoms with E-state index in [1.807, 2.05) is 30.3 Å². The molecule has 1 aromatic rings. The fourth-order valence-electron chi connectivity index (χ4n) is 2.94. The zero-order valence-electron chi connectivity index (χ0n) is 13.3. The molecule has 0 amide bonds. The first-order valence-electron chi connectivity index (χ1n) is 8.40. The molecular formula is C17H28N2O2S. The molecule has 0 unspecified atom stereocenters. The van der Waals surface area contributed by atoms with Crippen LogP contribution >= 0.6 is 0 Å². The fourth-order valence-corrected chi connectivity index (χ4v) is 4.00. The second kappa shape index (κ2) is 9.28. The third kappa shape index (κ3) is 6.90. The van der Waals surface area contributed by atoms with Crippen molar-refractivity contribution >= 4 is 10.0 Å². The molecule has 0 spiro atoms. The molecule has 1 fully saturated rings. The van der Waals surface area contributed by atoms with Crippen LogP contribution in [0, 0.1) is 0 Å². The summed E-state index contributed by atoms with van der Waals surface area (Å²) in [7, 11) is -3.18. The van der Waals surface area contributed by atoms with Gasteiger partial charge >= 0.3 is 0 Å². The maximum atomic E-state index is 12.0. The minimum absolute atomic E-state index is 0.153. The topological polar surface area (TPSA) is 58.2 Å². The molecule has 0 bridgehead atoms. The Labute approximate surface area is 134 Å². The summed E-state index contributed by atoms with van der Waals surface area (Å²) in [4.78, 5) is 0. The Morgan fingerprint density at radius 2 is 1.64 bits per heavy atom. The van der Waals surface area contributed by atoms with Crippen molar-refractivity contribution in [3.05, 3.63) is 35.9 Å². The molecule has 1 aliphatic carbocycles. The van der Waals surface area contributed by atoms with Crippen LogP contribution in [0.1, 0.15) is 44.1 Å². The standard InChI is InChI=1S/C17H28N2O2S/c20-22(21,15-12-16-8-4-3-5-9-16)19-14-13-18-17-10-6-1-2-7-11-17/h3-5,8-9,17-19H,1-2,6-7,10-15H2. The Morgan fingerprint density at radius 1 is 0.955 bits per heavy atom. The predicted octanol–water partition coefficient (Wildman–Crippen LogP) is 2.46. The monoisotopic (exact) mass is 324 g/mol. The maximum absolute atomic E-state index is 12.0. The van der Waals surface area contributed by atoms with E-state index in [-0.39, 0.29) is 5.75 Å². The lowest BCUT2D eigenvalue weighted by Gasteiger charge is -2.16. The number of rotatable bonds is 8. The first kappa shape index (κ1) is 17.4. The highest BCUT2D eigenvalue weighted by Gasteiger charge is 2.12. The summed E-state index contributed by atoms with van der Waals surface area (Å²) in [5, 5.41) is 3.48. The van der Waals surface area contributed by atoms with E-state index in [0.29, 0.717) is 19.0 Å². The summed E-state index contributed by atoms with van der Waals surface area (Å²) in [5.41, 5.74) is 1.06. The van der Waals surface area contributed by atoms with E-state index in [1.165, 1.54) is 38.5 Å². The Bertz CT molecular complexity index is 509. The molecule has 0 heterocycles. The Morgan fingerprint density at radius 3 is 2.32 bits per heavy atom. The SMILES string of the molecule is O=S(=O)(CCc1ccccc1)NCCNC1CCCCCC1. The maximum Gasteiger partial charge on any atom is 0.211 e. The molecular weight excluding hydrogens is 296 g/mol. The van der Waals surface area contributed by atoms with Crippen LogP contribution in [0.3, 0.4) is 0 Å². The van der Waals surface area contributed by atoms with Crippen molar-refractivity contribution in [2.45, 2.75) is 51.0 Å².